The maximum Gasteiger partial charge on any atom is 0.280 e. The quantitative estimate of drug-likeness (QED) is 0.830. The number of anilines is 1. The molecule has 0 unspecified atom stereocenters. The fourth-order valence-electron chi connectivity index (χ4n) is 1.58. The van der Waals surface area contributed by atoms with Crippen LogP contribution < -0.4 is 10.2 Å². The molecule has 0 aliphatic rings. The van der Waals surface area contributed by atoms with Crippen molar-refractivity contribution in [2.45, 2.75) is 26.8 Å². The first-order chi connectivity index (χ1) is 8.13. The van der Waals surface area contributed by atoms with E-state index in [4.69, 9.17) is 0 Å². The maximum absolute atomic E-state index is 12.9. The monoisotopic (exact) mass is 244 g/mol. The third-order valence-corrected chi connectivity index (χ3v) is 2.51. The van der Waals surface area contributed by atoms with E-state index in [1.54, 1.807) is 7.05 Å². The Morgan fingerprint density at radius 3 is 2.47 bits per heavy atom. The topological polar surface area (TPSA) is 41.1 Å². The Hall–Kier alpha value is -1.30. The molecule has 0 aliphatic carbocycles. The summed E-state index contributed by atoms with van der Waals surface area (Å²) in [4.78, 5) is 9.92. The highest BCUT2D eigenvalue weighted by atomic mass is 19.3. The number of nitrogens with zero attached hydrogens (tertiary/aromatic N) is 3. The van der Waals surface area contributed by atoms with E-state index in [9.17, 15) is 8.78 Å². The smallest absolute Gasteiger partial charge is 0.280 e. The molecule has 0 spiro atoms. The summed E-state index contributed by atoms with van der Waals surface area (Å²) in [5.74, 6) is 0.366. The van der Waals surface area contributed by atoms with Crippen molar-refractivity contribution in [3.05, 3.63) is 17.5 Å². The van der Waals surface area contributed by atoms with Crippen molar-refractivity contribution in [1.29, 1.82) is 0 Å². The predicted molar refractivity (Wildman–Crippen MR) is 63.3 cm³/mol. The maximum atomic E-state index is 12.9. The van der Waals surface area contributed by atoms with Gasteiger partial charge in [-0.1, -0.05) is 0 Å². The van der Waals surface area contributed by atoms with Crippen LogP contribution in [-0.4, -0.2) is 30.1 Å². The third-order valence-electron chi connectivity index (χ3n) is 2.51. The van der Waals surface area contributed by atoms with Crippen molar-refractivity contribution in [2.75, 3.05) is 25.0 Å². The molecule has 0 aromatic carbocycles. The van der Waals surface area contributed by atoms with E-state index in [2.05, 4.69) is 15.3 Å². The molecular weight excluding hydrogens is 226 g/mol. The minimum atomic E-state index is -2.57. The molecule has 6 heteroatoms. The van der Waals surface area contributed by atoms with Gasteiger partial charge in [-0.15, -0.1) is 0 Å². The Bertz CT molecular complexity index is 353. The minimum absolute atomic E-state index is 0.184. The van der Waals surface area contributed by atoms with Crippen molar-refractivity contribution in [3.8, 4) is 0 Å². The van der Waals surface area contributed by atoms with Crippen LogP contribution >= 0.6 is 0 Å². The van der Waals surface area contributed by atoms with Crippen molar-refractivity contribution >= 4 is 5.95 Å². The zero-order valence-electron chi connectivity index (χ0n) is 10.4. The van der Waals surface area contributed by atoms with E-state index < -0.39 is 6.43 Å². The SMILES string of the molecule is CCN(CC)c1ncc(CNC)c(C(F)F)n1. The van der Waals surface area contributed by atoms with Gasteiger partial charge in [0.15, 0.2) is 0 Å². The van der Waals surface area contributed by atoms with Crippen molar-refractivity contribution in [2.24, 2.45) is 0 Å². The fourth-order valence-corrected chi connectivity index (χ4v) is 1.58. The lowest BCUT2D eigenvalue weighted by molar-refractivity contribution is 0.144. The molecule has 1 rings (SSSR count). The molecule has 1 N–H and O–H groups in total. The third kappa shape index (κ3) is 3.33. The highest BCUT2D eigenvalue weighted by Gasteiger charge is 2.17. The molecule has 96 valence electrons. The lowest BCUT2D eigenvalue weighted by Gasteiger charge is -2.19. The Labute approximate surface area is 100 Å². The number of rotatable bonds is 6. The number of aromatic nitrogens is 2. The molecule has 0 atom stereocenters. The van der Waals surface area contributed by atoms with Crippen molar-refractivity contribution < 1.29 is 8.78 Å². The van der Waals surface area contributed by atoms with Gasteiger partial charge in [0.05, 0.1) is 0 Å². The lowest BCUT2D eigenvalue weighted by atomic mass is 10.2. The summed E-state index contributed by atoms with van der Waals surface area (Å²) in [7, 11) is 1.70. The molecule has 1 heterocycles. The Kier molecular flexibility index (Phi) is 5.21. The summed E-state index contributed by atoms with van der Waals surface area (Å²) in [6.07, 6.45) is -1.10. The van der Waals surface area contributed by atoms with E-state index in [1.807, 2.05) is 18.7 Å². The van der Waals surface area contributed by atoms with Crippen LogP contribution in [0.2, 0.25) is 0 Å². The Balaban J connectivity index is 3.08. The van der Waals surface area contributed by atoms with Gasteiger partial charge in [0.25, 0.3) is 6.43 Å². The van der Waals surface area contributed by atoms with Crippen LogP contribution in [0.5, 0.6) is 0 Å². The van der Waals surface area contributed by atoms with Crippen molar-refractivity contribution in [3.63, 3.8) is 0 Å². The van der Waals surface area contributed by atoms with Gasteiger partial charge >= 0.3 is 0 Å². The second-order valence-corrected chi connectivity index (χ2v) is 3.58. The first-order valence-electron chi connectivity index (χ1n) is 5.67. The van der Waals surface area contributed by atoms with Crippen LogP contribution in [0.25, 0.3) is 0 Å². The molecule has 0 radical (unpaired) electrons. The molecule has 1 aromatic heterocycles. The number of hydrogen-bond acceptors (Lipinski definition) is 4. The normalized spacial score (nSPS) is 10.9. The zero-order chi connectivity index (χ0) is 12.8. The lowest BCUT2D eigenvalue weighted by Crippen LogP contribution is -2.25. The molecule has 0 fully saturated rings. The highest BCUT2D eigenvalue weighted by molar-refractivity contribution is 5.33. The van der Waals surface area contributed by atoms with Crippen LogP contribution in [-0.2, 0) is 6.54 Å². The molecule has 0 amide bonds. The second kappa shape index (κ2) is 6.44. The van der Waals surface area contributed by atoms with Crippen molar-refractivity contribution in [1.82, 2.24) is 15.3 Å². The summed E-state index contributed by atoms with van der Waals surface area (Å²) in [6.45, 7) is 5.63. The first-order valence-corrected chi connectivity index (χ1v) is 5.67. The Morgan fingerprint density at radius 1 is 1.35 bits per heavy atom. The average molecular weight is 244 g/mol. The predicted octanol–water partition coefficient (Wildman–Crippen LogP) is 1.98. The van der Waals surface area contributed by atoms with Gasteiger partial charge in [-0.05, 0) is 20.9 Å². The summed E-state index contributed by atoms with van der Waals surface area (Å²) in [6, 6.07) is 0. The van der Waals surface area contributed by atoms with E-state index in [-0.39, 0.29) is 5.69 Å². The fraction of sp³-hybridized carbons (Fsp3) is 0.636. The summed E-state index contributed by atoms with van der Waals surface area (Å²) in [5.41, 5.74) is 0.259. The second-order valence-electron chi connectivity index (χ2n) is 3.58. The number of alkyl halides is 2. The van der Waals surface area contributed by atoms with E-state index in [0.717, 1.165) is 0 Å². The van der Waals surface area contributed by atoms with E-state index in [1.165, 1.54) is 6.20 Å². The molecule has 1 aromatic rings. The van der Waals surface area contributed by atoms with Crippen LogP contribution in [0.1, 0.15) is 31.5 Å². The minimum Gasteiger partial charge on any atom is -0.341 e. The van der Waals surface area contributed by atoms with Crippen LogP contribution in [0, 0.1) is 0 Å². The molecule has 0 saturated carbocycles. The van der Waals surface area contributed by atoms with Crippen LogP contribution in [0.15, 0.2) is 6.20 Å². The van der Waals surface area contributed by atoms with Crippen LogP contribution in [0.3, 0.4) is 0 Å². The largest absolute Gasteiger partial charge is 0.341 e. The zero-order valence-corrected chi connectivity index (χ0v) is 10.4. The average Bonchev–Trinajstić information content (AvgIpc) is 2.32. The van der Waals surface area contributed by atoms with E-state index in [0.29, 0.717) is 31.1 Å². The van der Waals surface area contributed by atoms with Crippen LogP contribution in [0.4, 0.5) is 14.7 Å². The summed E-state index contributed by atoms with van der Waals surface area (Å²) < 4.78 is 25.7. The van der Waals surface area contributed by atoms with Gasteiger partial charge in [-0.3, -0.25) is 0 Å². The van der Waals surface area contributed by atoms with Gasteiger partial charge in [0.2, 0.25) is 5.95 Å². The molecule has 17 heavy (non-hydrogen) atoms. The Morgan fingerprint density at radius 2 is 2.00 bits per heavy atom. The molecular formula is C11H18F2N4. The van der Waals surface area contributed by atoms with Gasteiger partial charge in [-0.25, -0.2) is 18.7 Å². The van der Waals surface area contributed by atoms with Gasteiger partial charge in [0, 0.05) is 31.4 Å². The standard InChI is InChI=1S/C11H18F2N4/c1-4-17(5-2)11-15-7-8(6-14-3)9(16-11)10(12)13/h7,10,14H,4-6H2,1-3H3. The summed E-state index contributed by atoms with van der Waals surface area (Å²) >= 11 is 0. The molecule has 0 bridgehead atoms. The molecule has 4 nitrogen and oxygen atoms in total. The summed E-state index contributed by atoms with van der Waals surface area (Å²) in [5, 5.41) is 2.83. The highest BCUT2D eigenvalue weighted by Crippen LogP contribution is 2.22. The number of nitrogens with one attached hydrogen (secondary N) is 1. The molecule has 0 saturated heterocycles. The molecule has 0 aliphatic heterocycles. The number of halogens is 2. The number of hydrogen-bond donors (Lipinski definition) is 1. The first kappa shape index (κ1) is 13.8. The van der Waals surface area contributed by atoms with Gasteiger partial charge < -0.3 is 10.2 Å². The van der Waals surface area contributed by atoms with E-state index >= 15 is 0 Å². The van der Waals surface area contributed by atoms with Gasteiger partial charge in [0.1, 0.15) is 5.69 Å². The van der Waals surface area contributed by atoms with Gasteiger partial charge in [-0.2, -0.15) is 0 Å².